The van der Waals surface area contributed by atoms with E-state index in [0.717, 1.165) is 18.5 Å². The quantitative estimate of drug-likeness (QED) is 0.575. The minimum Gasteiger partial charge on any atom is -0.379 e. The molecule has 0 saturated carbocycles. The highest BCUT2D eigenvalue weighted by Gasteiger charge is 2.47. The van der Waals surface area contributed by atoms with Crippen molar-refractivity contribution in [3.05, 3.63) is 57.9 Å². The molecular weight excluding hydrogens is 458 g/mol. The van der Waals surface area contributed by atoms with Crippen molar-refractivity contribution in [2.45, 2.75) is 43.5 Å². The highest BCUT2D eigenvalue weighted by molar-refractivity contribution is 5.93. The molecule has 2 unspecified atom stereocenters. The van der Waals surface area contributed by atoms with Gasteiger partial charge in [0, 0.05) is 25.7 Å². The number of halogens is 6. The number of aromatic nitrogens is 2. The van der Waals surface area contributed by atoms with E-state index < -0.39 is 66.0 Å². The summed E-state index contributed by atoms with van der Waals surface area (Å²) in [5.41, 5.74) is -2.66. The fourth-order valence-corrected chi connectivity index (χ4v) is 3.57. The van der Waals surface area contributed by atoms with Gasteiger partial charge in [0.25, 0.3) is 11.5 Å². The first-order valence-corrected chi connectivity index (χ1v) is 9.81. The van der Waals surface area contributed by atoms with E-state index in [2.05, 4.69) is 10.3 Å². The number of piperidine rings is 1. The van der Waals surface area contributed by atoms with Gasteiger partial charge in [-0.05, 0) is 30.7 Å². The molecule has 3 N–H and O–H groups in total. The number of H-pyrrole nitrogens is 1. The Morgan fingerprint density at radius 1 is 1.36 bits per heavy atom. The molecule has 13 heteroatoms. The van der Waals surface area contributed by atoms with Crippen LogP contribution in [0.3, 0.4) is 0 Å². The van der Waals surface area contributed by atoms with Gasteiger partial charge in [0.2, 0.25) is 5.91 Å². The van der Waals surface area contributed by atoms with Crippen molar-refractivity contribution in [3.8, 4) is 0 Å². The monoisotopic (exact) mass is 478 g/mol. The Bertz CT molecular complexity index is 1060. The molecule has 0 aromatic carbocycles. The molecule has 1 aliphatic rings. The first kappa shape index (κ1) is 24.7. The van der Waals surface area contributed by atoms with Crippen molar-refractivity contribution in [2.75, 3.05) is 18.4 Å². The molecule has 2 aromatic rings. The van der Waals surface area contributed by atoms with E-state index in [4.69, 9.17) is 0 Å². The first-order valence-electron chi connectivity index (χ1n) is 9.81. The van der Waals surface area contributed by atoms with Crippen molar-refractivity contribution >= 4 is 11.7 Å². The predicted octanol–water partition coefficient (Wildman–Crippen LogP) is 2.96. The largest absolute Gasteiger partial charge is 0.418 e. The van der Waals surface area contributed by atoms with Gasteiger partial charge < -0.3 is 15.4 Å². The Kier molecular flexibility index (Phi) is 6.84. The molecular formula is C20H20F6N4O3. The normalized spacial score (nSPS) is 20.8. The van der Waals surface area contributed by atoms with Gasteiger partial charge in [-0.25, -0.2) is 18.2 Å². The smallest absolute Gasteiger partial charge is 0.379 e. The second kappa shape index (κ2) is 9.14. The maximum Gasteiger partial charge on any atom is 0.418 e. The van der Waals surface area contributed by atoms with Gasteiger partial charge in [0.15, 0.2) is 6.10 Å². The number of pyridine rings is 2. The molecule has 180 valence electrons. The number of alkyl halides is 5. The molecule has 2 aromatic heterocycles. The summed E-state index contributed by atoms with van der Waals surface area (Å²) in [6, 6.07) is 1.99. The number of aromatic amines is 1. The van der Waals surface area contributed by atoms with Crippen molar-refractivity contribution in [1.82, 2.24) is 14.9 Å². The van der Waals surface area contributed by atoms with Crippen molar-refractivity contribution in [3.63, 3.8) is 0 Å². The summed E-state index contributed by atoms with van der Waals surface area (Å²) in [6.45, 7) is 0.855. The third-order valence-corrected chi connectivity index (χ3v) is 5.53. The van der Waals surface area contributed by atoms with Crippen LogP contribution in [0.15, 0.2) is 35.4 Å². The molecule has 3 rings (SSSR count). The predicted molar refractivity (Wildman–Crippen MR) is 104 cm³/mol. The number of hydrogen-bond donors (Lipinski definition) is 3. The molecule has 1 saturated heterocycles. The van der Waals surface area contributed by atoms with Crippen LogP contribution in [-0.4, -0.2) is 57.1 Å². The number of rotatable bonds is 5. The maximum atomic E-state index is 14.7. The zero-order valence-electron chi connectivity index (χ0n) is 17.2. The molecule has 3 atom stereocenters. The Hall–Kier alpha value is -2.93. The molecule has 0 spiro atoms. The summed E-state index contributed by atoms with van der Waals surface area (Å²) >= 11 is 0. The fraction of sp³-hybridized carbons (Fsp3) is 0.450. The number of nitrogens with one attached hydrogen (secondary N) is 2. The Labute approximate surface area is 183 Å². The van der Waals surface area contributed by atoms with E-state index in [-0.39, 0.29) is 17.9 Å². The van der Waals surface area contributed by atoms with Crippen molar-refractivity contribution in [1.29, 1.82) is 0 Å². The Balaban J connectivity index is 1.82. The van der Waals surface area contributed by atoms with Gasteiger partial charge in [-0.15, -0.1) is 0 Å². The summed E-state index contributed by atoms with van der Waals surface area (Å²) in [7, 11) is 0. The molecule has 0 radical (unpaired) electrons. The number of hydrogen-bond acceptors (Lipinski definition) is 5. The van der Waals surface area contributed by atoms with Gasteiger partial charge in [0.1, 0.15) is 11.6 Å². The summed E-state index contributed by atoms with van der Waals surface area (Å²) in [5, 5.41) is 11.9. The van der Waals surface area contributed by atoms with E-state index in [0.29, 0.717) is 6.07 Å². The summed E-state index contributed by atoms with van der Waals surface area (Å²) in [6.07, 6.45) is -7.22. The third-order valence-electron chi connectivity index (χ3n) is 5.53. The molecule has 0 bridgehead atoms. The number of carbonyl (C=O) groups is 1. The Morgan fingerprint density at radius 3 is 2.67 bits per heavy atom. The van der Waals surface area contributed by atoms with Crippen LogP contribution in [0.2, 0.25) is 0 Å². The van der Waals surface area contributed by atoms with Crippen LogP contribution < -0.4 is 10.9 Å². The van der Waals surface area contributed by atoms with Gasteiger partial charge in [-0.3, -0.25) is 14.5 Å². The summed E-state index contributed by atoms with van der Waals surface area (Å²) < 4.78 is 81.0. The van der Waals surface area contributed by atoms with Crippen LogP contribution in [0.4, 0.5) is 32.2 Å². The third kappa shape index (κ3) is 5.53. The second-order valence-corrected chi connectivity index (χ2v) is 7.75. The molecule has 1 fully saturated rings. The number of likely N-dealkylation sites (tertiary alicyclic amines) is 1. The fourth-order valence-electron chi connectivity index (χ4n) is 3.57. The lowest BCUT2D eigenvalue weighted by Crippen LogP contribution is -2.52. The minimum atomic E-state index is -5.16. The zero-order valence-corrected chi connectivity index (χ0v) is 17.2. The van der Waals surface area contributed by atoms with Gasteiger partial charge in [0.05, 0.1) is 23.7 Å². The SMILES string of the molecule is C[C@@H](C(=O)Nc1ccc(F)cn1)N1CCC(F)(F)C(c2c[nH]c(=O)c(C(O)C(F)(F)F)c2)C1. The van der Waals surface area contributed by atoms with Gasteiger partial charge in [-0.2, -0.15) is 13.2 Å². The lowest BCUT2D eigenvalue weighted by atomic mass is 9.86. The first-order chi connectivity index (χ1) is 15.3. The number of aliphatic hydroxyl groups is 1. The topological polar surface area (TPSA) is 98.3 Å². The van der Waals surface area contributed by atoms with Crippen LogP contribution >= 0.6 is 0 Å². The number of amides is 1. The summed E-state index contributed by atoms with van der Waals surface area (Å²) in [5.74, 6) is -6.16. The van der Waals surface area contributed by atoms with Gasteiger partial charge in [-0.1, -0.05) is 0 Å². The maximum absolute atomic E-state index is 14.7. The van der Waals surface area contributed by atoms with Crippen LogP contribution in [0.5, 0.6) is 0 Å². The summed E-state index contributed by atoms with van der Waals surface area (Å²) in [4.78, 5) is 31.4. The van der Waals surface area contributed by atoms with Crippen molar-refractivity contribution < 1.29 is 36.2 Å². The van der Waals surface area contributed by atoms with E-state index in [1.807, 2.05) is 4.98 Å². The highest BCUT2D eigenvalue weighted by Crippen LogP contribution is 2.41. The van der Waals surface area contributed by atoms with E-state index >= 15 is 0 Å². The standard InChI is InChI=1S/C20H20F6N4O3/c1-10(17(32)29-15-3-2-12(21)8-27-15)30-5-4-19(22,23)14(9-30)11-6-13(18(33)28-7-11)16(31)20(24,25)26/h2-3,6-8,10,14,16,31H,4-5,9H2,1H3,(H,28,33)(H,27,29,32)/t10-,14?,16?/m0/s1. The molecule has 7 nitrogen and oxygen atoms in total. The number of nitrogens with zero attached hydrogens (tertiary/aromatic N) is 2. The van der Waals surface area contributed by atoms with E-state index in [9.17, 15) is 41.0 Å². The lowest BCUT2D eigenvalue weighted by molar-refractivity contribution is -0.207. The van der Waals surface area contributed by atoms with Gasteiger partial charge >= 0.3 is 6.18 Å². The van der Waals surface area contributed by atoms with Crippen molar-refractivity contribution in [2.24, 2.45) is 0 Å². The average Bonchev–Trinajstić information content (AvgIpc) is 2.74. The molecule has 33 heavy (non-hydrogen) atoms. The van der Waals surface area contributed by atoms with E-state index in [1.54, 1.807) is 0 Å². The van der Waals surface area contributed by atoms with Crippen LogP contribution in [-0.2, 0) is 4.79 Å². The highest BCUT2D eigenvalue weighted by atomic mass is 19.4. The van der Waals surface area contributed by atoms with E-state index in [1.165, 1.54) is 17.9 Å². The molecule has 1 amide bonds. The zero-order chi connectivity index (χ0) is 24.6. The number of aliphatic hydroxyl groups excluding tert-OH is 1. The molecule has 3 heterocycles. The molecule has 0 aliphatic carbocycles. The number of carbonyl (C=O) groups excluding carboxylic acids is 1. The van der Waals surface area contributed by atoms with Crippen LogP contribution in [0.1, 0.15) is 36.5 Å². The van der Waals surface area contributed by atoms with Crippen LogP contribution in [0.25, 0.3) is 0 Å². The second-order valence-electron chi connectivity index (χ2n) is 7.75. The van der Waals surface area contributed by atoms with Crippen LogP contribution in [0, 0.1) is 5.82 Å². The lowest BCUT2D eigenvalue weighted by Gasteiger charge is -2.40. The Morgan fingerprint density at radius 2 is 2.06 bits per heavy atom. The molecule has 1 aliphatic heterocycles. The average molecular weight is 478 g/mol. The minimum absolute atomic E-state index is 0.0542. The number of anilines is 1.